The molecule has 0 N–H and O–H groups in total. The van der Waals surface area contributed by atoms with Crippen LogP contribution in [0.3, 0.4) is 0 Å². The van der Waals surface area contributed by atoms with Gasteiger partial charge < -0.3 is 14.2 Å². The molecule has 0 saturated carbocycles. The van der Waals surface area contributed by atoms with Crippen molar-refractivity contribution in [3.8, 4) is 11.5 Å². The summed E-state index contributed by atoms with van der Waals surface area (Å²) in [5.41, 5.74) is 2.04. The maximum Gasteiger partial charge on any atom is 0.343 e. The van der Waals surface area contributed by atoms with Gasteiger partial charge in [-0.3, -0.25) is 0 Å². The van der Waals surface area contributed by atoms with Gasteiger partial charge in [0.15, 0.2) is 0 Å². The van der Waals surface area contributed by atoms with Crippen LogP contribution in [0.15, 0.2) is 90.3 Å². The van der Waals surface area contributed by atoms with Crippen molar-refractivity contribution in [3.05, 3.63) is 102 Å². The molecule has 42 heavy (non-hydrogen) atoms. The Labute approximate surface area is 253 Å². The van der Waals surface area contributed by atoms with E-state index in [1.807, 2.05) is 36.4 Å². The van der Waals surface area contributed by atoms with Crippen LogP contribution in [0.25, 0.3) is 0 Å². The quantitative estimate of drug-likeness (QED) is 0.0484. The molecule has 0 spiro atoms. The Bertz CT molecular complexity index is 1270. The molecular formula is C35H40O6S. The molecule has 0 atom stereocenters. The molecule has 0 aliphatic rings. The van der Waals surface area contributed by atoms with Gasteiger partial charge in [-0.05, 0) is 97.7 Å². The molecule has 0 aliphatic heterocycles. The molecule has 0 bridgehead atoms. The van der Waals surface area contributed by atoms with E-state index < -0.39 is 17.9 Å². The fraction of sp³-hybridized carbons (Fsp3) is 0.343. The number of hydrogen-bond donors (Lipinski definition) is 0. The molecule has 0 unspecified atom stereocenters. The Kier molecular flexibility index (Phi) is 14.4. The van der Waals surface area contributed by atoms with E-state index in [4.69, 9.17) is 14.2 Å². The van der Waals surface area contributed by atoms with Crippen LogP contribution in [-0.4, -0.2) is 30.3 Å². The van der Waals surface area contributed by atoms with Gasteiger partial charge in [0.25, 0.3) is 0 Å². The van der Waals surface area contributed by atoms with Gasteiger partial charge >= 0.3 is 17.9 Å². The topological polar surface area (TPSA) is 78.9 Å². The maximum absolute atomic E-state index is 12.6. The summed E-state index contributed by atoms with van der Waals surface area (Å²) in [6, 6.07) is 21.2. The van der Waals surface area contributed by atoms with Crippen LogP contribution < -0.4 is 9.47 Å². The van der Waals surface area contributed by atoms with E-state index in [0.717, 1.165) is 36.0 Å². The van der Waals surface area contributed by atoms with Crippen molar-refractivity contribution in [3.63, 3.8) is 0 Å². The fourth-order valence-electron chi connectivity index (χ4n) is 4.14. The molecule has 3 aromatic rings. The lowest BCUT2D eigenvalue weighted by atomic mass is 10.0. The lowest BCUT2D eigenvalue weighted by Gasteiger charge is -2.08. The first-order chi connectivity index (χ1) is 20.5. The maximum atomic E-state index is 12.6. The zero-order valence-electron chi connectivity index (χ0n) is 24.3. The first-order valence-corrected chi connectivity index (χ1v) is 15.6. The van der Waals surface area contributed by atoms with Gasteiger partial charge in [0.1, 0.15) is 11.5 Å². The molecule has 3 aromatic carbocycles. The Balaban J connectivity index is 1.39. The molecule has 0 saturated heterocycles. The van der Waals surface area contributed by atoms with E-state index in [9.17, 15) is 14.4 Å². The molecule has 3 rings (SSSR count). The van der Waals surface area contributed by atoms with E-state index in [1.165, 1.54) is 44.1 Å². The van der Waals surface area contributed by atoms with Crippen LogP contribution in [-0.2, 0) is 16.0 Å². The monoisotopic (exact) mass is 588 g/mol. The van der Waals surface area contributed by atoms with Crippen LogP contribution in [0, 0.1) is 0 Å². The van der Waals surface area contributed by atoms with Crippen LogP contribution in [0.2, 0.25) is 0 Å². The highest BCUT2D eigenvalue weighted by molar-refractivity contribution is 7.99. The summed E-state index contributed by atoms with van der Waals surface area (Å²) in [6.07, 6.45) is 11.4. The normalized spacial score (nSPS) is 10.6. The molecule has 0 aliphatic carbocycles. The molecule has 222 valence electrons. The number of unbranched alkanes of at least 4 members (excludes halogenated alkanes) is 6. The summed E-state index contributed by atoms with van der Waals surface area (Å²) in [6.45, 7) is 5.97. The highest BCUT2D eigenvalue weighted by atomic mass is 32.2. The van der Waals surface area contributed by atoms with E-state index >= 15 is 0 Å². The fourth-order valence-corrected chi connectivity index (χ4v) is 5.05. The molecule has 0 aromatic heterocycles. The highest BCUT2D eigenvalue weighted by Gasteiger charge is 2.12. The molecule has 0 heterocycles. The molecule has 0 amide bonds. The first-order valence-electron chi connectivity index (χ1n) is 14.6. The minimum Gasteiger partial charge on any atom is -0.463 e. The average Bonchev–Trinajstić information content (AvgIpc) is 3.01. The number of carbonyl (C=O) groups excluding carboxylic acids is 3. The van der Waals surface area contributed by atoms with Crippen molar-refractivity contribution < 1.29 is 28.6 Å². The Morgan fingerprint density at radius 3 is 1.83 bits per heavy atom. The van der Waals surface area contributed by atoms with Crippen LogP contribution in [0.4, 0.5) is 0 Å². The third-order valence-corrected chi connectivity index (χ3v) is 7.66. The van der Waals surface area contributed by atoms with Gasteiger partial charge in [-0.25, -0.2) is 14.4 Å². The SMILES string of the molecule is C=CC(=O)OCCCCSc1ccc(C(=O)Oc2ccc(C(=O)Oc3ccc(CCCCCCCC)cc3)cc2)cc1. The smallest absolute Gasteiger partial charge is 0.343 e. The first kappa shape index (κ1) is 32.7. The third-order valence-electron chi connectivity index (χ3n) is 6.56. The average molecular weight is 589 g/mol. The number of hydrogen-bond acceptors (Lipinski definition) is 7. The van der Waals surface area contributed by atoms with Gasteiger partial charge in [-0.1, -0.05) is 57.7 Å². The number of rotatable bonds is 18. The number of aryl methyl sites for hydroxylation is 1. The van der Waals surface area contributed by atoms with Crippen molar-refractivity contribution in [2.45, 2.75) is 69.6 Å². The largest absolute Gasteiger partial charge is 0.463 e. The van der Waals surface area contributed by atoms with E-state index in [-0.39, 0.29) is 0 Å². The number of carbonyl (C=O) groups is 3. The zero-order chi connectivity index (χ0) is 30.0. The van der Waals surface area contributed by atoms with Crippen molar-refractivity contribution in [1.82, 2.24) is 0 Å². The Morgan fingerprint density at radius 2 is 1.24 bits per heavy atom. The molecule has 0 fully saturated rings. The summed E-state index contributed by atoms with van der Waals surface area (Å²) in [7, 11) is 0. The summed E-state index contributed by atoms with van der Waals surface area (Å²) in [5.74, 6) is 0.353. The second-order valence-electron chi connectivity index (χ2n) is 9.92. The van der Waals surface area contributed by atoms with Crippen LogP contribution >= 0.6 is 11.8 Å². The van der Waals surface area contributed by atoms with Crippen molar-refractivity contribution in [2.24, 2.45) is 0 Å². The van der Waals surface area contributed by atoms with Crippen LogP contribution in [0.1, 0.15) is 84.6 Å². The lowest BCUT2D eigenvalue weighted by molar-refractivity contribution is -0.137. The number of ether oxygens (including phenoxy) is 3. The van der Waals surface area contributed by atoms with Crippen LogP contribution in [0.5, 0.6) is 11.5 Å². The van der Waals surface area contributed by atoms with Gasteiger partial charge in [-0.15, -0.1) is 11.8 Å². The van der Waals surface area contributed by atoms with E-state index in [0.29, 0.717) is 29.2 Å². The Hall–Kier alpha value is -3.84. The van der Waals surface area contributed by atoms with E-state index in [2.05, 4.69) is 13.5 Å². The van der Waals surface area contributed by atoms with Gasteiger partial charge in [-0.2, -0.15) is 0 Å². The minimum absolute atomic E-state index is 0.339. The minimum atomic E-state index is -0.480. The Morgan fingerprint density at radius 1 is 0.690 bits per heavy atom. The van der Waals surface area contributed by atoms with E-state index in [1.54, 1.807) is 48.2 Å². The molecule has 7 heteroatoms. The van der Waals surface area contributed by atoms with Crippen molar-refractivity contribution in [2.75, 3.05) is 12.4 Å². The second kappa shape index (κ2) is 18.6. The van der Waals surface area contributed by atoms with Gasteiger partial charge in [0, 0.05) is 11.0 Å². The lowest BCUT2D eigenvalue weighted by Crippen LogP contribution is -2.10. The molecular weight excluding hydrogens is 548 g/mol. The van der Waals surface area contributed by atoms with Gasteiger partial charge in [0.05, 0.1) is 17.7 Å². The number of thioether (sulfide) groups is 1. The number of esters is 3. The van der Waals surface area contributed by atoms with Crippen molar-refractivity contribution in [1.29, 1.82) is 0 Å². The predicted octanol–water partition coefficient (Wildman–Crippen LogP) is 8.63. The summed E-state index contributed by atoms with van der Waals surface area (Å²) in [5, 5.41) is 0. The second-order valence-corrected chi connectivity index (χ2v) is 11.1. The van der Waals surface area contributed by atoms with Gasteiger partial charge in [0.2, 0.25) is 0 Å². The predicted molar refractivity (Wildman–Crippen MR) is 167 cm³/mol. The standard InChI is InChI=1S/C35H40O6S/c1-3-5-6-7-8-9-12-27-13-19-30(20-14-27)40-34(37)28-15-21-31(22-16-28)41-35(38)29-17-23-32(24-18-29)42-26-11-10-25-39-33(36)4-2/h4,13-24H,2-3,5-12,25-26H2,1H3. The van der Waals surface area contributed by atoms with Crippen molar-refractivity contribution >= 4 is 29.7 Å². The molecule has 6 nitrogen and oxygen atoms in total. The summed E-state index contributed by atoms with van der Waals surface area (Å²) >= 11 is 1.66. The third kappa shape index (κ3) is 12.0. The number of benzene rings is 3. The summed E-state index contributed by atoms with van der Waals surface area (Å²) in [4.78, 5) is 37.2. The molecule has 0 radical (unpaired) electrons. The summed E-state index contributed by atoms with van der Waals surface area (Å²) < 4.78 is 15.9. The zero-order valence-corrected chi connectivity index (χ0v) is 25.2. The highest BCUT2D eigenvalue weighted by Crippen LogP contribution is 2.22.